The van der Waals surface area contributed by atoms with E-state index in [2.05, 4.69) is 20.9 Å². The summed E-state index contributed by atoms with van der Waals surface area (Å²) in [7, 11) is -3.74. The second-order valence-corrected chi connectivity index (χ2v) is 7.58. The molecular formula is C16H12BrNO3S. The molecule has 4 nitrogen and oxygen atoms in total. The number of aryl methyl sites for hydroxylation is 1. The number of rotatable bonds is 3. The van der Waals surface area contributed by atoms with Crippen LogP contribution in [0, 0.1) is 6.92 Å². The Morgan fingerprint density at radius 3 is 2.27 bits per heavy atom. The molecule has 0 N–H and O–H groups in total. The van der Waals surface area contributed by atoms with Gasteiger partial charge in [-0.3, -0.25) is 0 Å². The first kappa shape index (κ1) is 15.0. The highest BCUT2D eigenvalue weighted by atomic mass is 79.9. The molecule has 0 aliphatic carbocycles. The number of hydrogen-bond donors (Lipinski definition) is 0. The molecule has 1 heterocycles. The molecule has 3 rings (SSSR count). The largest absolute Gasteiger partial charge is 0.431 e. The van der Waals surface area contributed by atoms with E-state index in [9.17, 15) is 8.42 Å². The zero-order valence-electron chi connectivity index (χ0n) is 11.7. The number of halogens is 1. The lowest BCUT2D eigenvalue weighted by atomic mass is 10.2. The van der Waals surface area contributed by atoms with Crippen molar-refractivity contribution in [3.8, 4) is 11.3 Å². The molecule has 0 unspecified atom stereocenters. The van der Waals surface area contributed by atoms with Crippen LogP contribution in [0.5, 0.6) is 0 Å². The van der Waals surface area contributed by atoms with E-state index in [0.717, 1.165) is 16.4 Å². The lowest BCUT2D eigenvalue weighted by molar-refractivity contribution is 0.448. The Bertz CT molecular complexity index is 897. The molecule has 0 radical (unpaired) electrons. The predicted molar refractivity (Wildman–Crippen MR) is 86.3 cm³/mol. The maximum Gasteiger partial charge on any atom is 0.250 e. The van der Waals surface area contributed by atoms with E-state index in [0.29, 0.717) is 11.3 Å². The van der Waals surface area contributed by atoms with Crippen LogP contribution in [0.2, 0.25) is 0 Å². The Hall–Kier alpha value is -1.92. The Kier molecular flexibility index (Phi) is 3.88. The minimum Gasteiger partial charge on any atom is -0.431 e. The van der Waals surface area contributed by atoms with E-state index in [4.69, 9.17) is 4.42 Å². The summed E-state index contributed by atoms with van der Waals surface area (Å²) in [5.41, 5.74) is 1.99. The van der Waals surface area contributed by atoms with Crippen molar-refractivity contribution in [3.63, 3.8) is 0 Å². The highest BCUT2D eigenvalue weighted by Gasteiger charge is 2.26. The summed E-state index contributed by atoms with van der Waals surface area (Å²) < 4.78 is 31.5. The lowest BCUT2D eigenvalue weighted by Gasteiger charge is -2.04. The van der Waals surface area contributed by atoms with E-state index in [-0.39, 0.29) is 9.99 Å². The van der Waals surface area contributed by atoms with Gasteiger partial charge in [0.2, 0.25) is 9.84 Å². The van der Waals surface area contributed by atoms with Gasteiger partial charge in [0.05, 0.1) is 4.90 Å². The van der Waals surface area contributed by atoms with Gasteiger partial charge in [0.1, 0.15) is 5.69 Å². The smallest absolute Gasteiger partial charge is 0.250 e. The van der Waals surface area contributed by atoms with Crippen LogP contribution < -0.4 is 0 Å². The van der Waals surface area contributed by atoms with E-state index in [1.807, 2.05) is 19.1 Å². The molecular weight excluding hydrogens is 366 g/mol. The number of nitrogens with zero attached hydrogens (tertiary/aromatic N) is 1. The molecule has 6 heteroatoms. The van der Waals surface area contributed by atoms with E-state index >= 15 is 0 Å². The number of hydrogen-bond acceptors (Lipinski definition) is 4. The van der Waals surface area contributed by atoms with Gasteiger partial charge >= 0.3 is 0 Å². The van der Waals surface area contributed by atoms with E-state index < -0.39 is 9.84 Å². The summed E-state index contributed by atoms with van der Waals surface area (Å²) >= 11 is 3.35. The van der Waals surface area contributed by atoms with Crippen molar-refractivity contribution < 1.29 is 12.8 Å². The third-order valence-electron chi connectivity index (χ3n) is 3.23. The molecule has 0 amide bonds. The molecule has 112 valence electrons. The first-order valence-electron chi connectivity index (χ1n) is 6.49. The molecule has 0 bridgehead atoms. The minimum absolute atomic E-state index is 0.140. The number of sulfone groups is 1. The van der Waals surface area contributed by atoms with Crippen LogP contribution in [0.15, 0.2) is 73.8 Å². The molecule has 0 fully saturated rings. The minimum atomic E-state index is -3.74. The summed E-state index contributed by atoms with van der Waals surface area (Å²) in [5, 5.41) is -0.140. The van der Waals surface area contributed by atoms with Crippen molar-refractivity contribution in [3.05, 3.63) is 65.0 Å². The van der Waals surface area contributed by atoms with E-state index in [1.165, 1.54) is 0 Å². The fourth-order valence-electron chi connectivity index (χ4n) is 2.05. The molecule has 1 aromatic heterocycles. The van der Waals surface area contributed by atoms with Gasteiger partial charge in [-0.15, -0.1) is 0 Å². The van der Waals surface area contributed by atoms with Crippen LogP contribution >= 0.6 is 15.9 Å². The molecule has 0 aliphatic rings. The number of aromatic nitrogens is 1. The van der Waals surface area contributed by atoms with Gasteiger partial charge < -0.3 is 4.42 Å². The number of oxazole rings is 1. The summed E-state index contributed by atoms with van der Waals surface area (Å²) in [6, 6.07) is 13.9. The van der Waals surface area contributed by atoms with Crippen LogP contribution in [-0.2, 0) is 9.84 Å². The zero-order valence-corrected chi connectivity index (χ0v) is 14.1. The van der Waals surface area contributed by atoms with Crippen LogP contribution in [0.1, 0.15) is 5.56 Å². The van der Waals surface area contributed by atoms with Gasteiger partial charge in [-0.2, -0.15) is 0 Å². The molecule has 22 heavy (non-hydrogen) atoms. The molecule has 3 aromatic rings. The van der Waals surface area contributed by atoms with Crippen molar-refractivity contribution in [2.24, 2.45) is 0 Å². The first-order valence-corrected chi connectivity index (χ1v) is 8.77. The Balaban J connectivity index is 2.11. The van der Waals surface area contributed by atoms with Crippen molar-refractivity contribution >= 4 is 25.8 Å². The normalized spacial score (nSPS) is 11.5. The monoisotopic (exact) mass is 377 g/mol. The predicted octanol–water partition coefficient (Wildman–Crippen LogP) is 4.25. The third-order valence-corrected chi connectivity index (χ3v) is 5.43. The molecule has 0 spiro atoms. The second-order valence-electron chi connectivity index (χ2n) is 4.81. The SMILES string of the molecule is Cc1ccc(S(=O)(=O)c2ocnc2-c2ccc(Br)cc2)cc1. The highest BCUT2D eigenvalue weighted by Crippen LogP contribution is 2.31. The Morgan fingerprint density at radius 2 is 1.64 bits per heavy atom. The van der Waals surface area contributed by atoms with Crippen LogP contribution in [0.25, 0.3) is 11.3 Å². The molecule has 0 saturated carbocycles. The third kappa shape index (κ3) is 2.71. The Labute approximate surface area is 136 Å². The van der Waals surface area contributed by atoms with E-state index in [1.54, 1.807) is 36.4 Å². The number of benzene rings is 2. The van der Waals surface area contributed by atoms with Crippen molar-refractivity contribution in [2.45, 2.75) is 16.9 Å². The fourth-order valence-corrected chi connectivity index (χ4v) is 3.62. The maximum atomic E-state index is 12.7. The van der Waals surface area contributed by atoms with Gasteiger partial charge in [-0.05, 0) is 31.2 Å². The van der Waals surface area contributed by atoms with Crippen molar-refractivity contribution in [1.29, 1.82) is 0 Å². The first-order chi connectivity index (χ1) is 10.5. The molecule has 0 saturated heterocycles. The second kappa shape index (κ2) is 5.70. The van der Waals surface area contributed by atoms with Crippen molar-refractivity contribution in [2.75, 3.05) is 0 Å². The average molecular weight is 378 g/mol. The summed E-state index contributed by atoms with van der Waals surface area (Å²) in [6.07, 6.45) is 1.15. The van der Waals surface area contributed by atoms with Gasteiger partial charge in [0.15, 0.2) is 6.39 Å². The lowest BCUT2D eigenvalue weighted by Crippen LogP contribution is -2.02. The zero-order chi connectivity index (χ0) is 15.7. The Morgan fingerprint density at radius 1 is 1.00 bits per heavy atom. The quantitative estimate of drug-likeness (QED) is 0.684. The fraction of sp³-hybridized carbons (Fsp3) is 0.0625. The van der Waals surface area contributed by atoms with Crippen molar-refractivity contribution in [1.82, 2.24) is 4.98 Å². The maximum absolute atomic E-state index is 12.7. The molecule has 2 aromatic carbocycles. The average Bonchev–Trinajstić information content (AvgIpc) is 2.99. The van der Waals surface area contributed by atoms with Gasteiger partial charge in [-0.1, -0.05) is 45.8 Å². The van der Waals surface area contributed by atoms with Gasteiger partial charge in [0.25, 0.3) is 5.09 Å². The van der Waals surface area contributed by atoms with Crippen LogP contribution in [0.4, 0.5) is 0 Å². The summed E-state index contributed by atoms with van der Waals surface area (Å²) in [6.45, 7) is 1.90. The molecule has 0 aliphatic heterocycles. The van der Waals surface area contributed by atoms with Gasteiger partial charge in [-0.25, -0.2) is 13.4 Å². The topological polar surface area (TPSA) is 60.2 Å². The molecule has 0 atom stereocenters. The standard InChI is InChI=1S/C16H12BrNO3S/c1-11-2-8-14(9-3-11)22(19,20)16-15(18-10-21-16)12-4-6-13(17)7-5-12/h2-10H,1H3. The van der Waals surface area contributed by atoms with Crippen LogP contribution in [0.3, 0.4) is 0 Å². The highest BCUT2D eigenvalue weighted by molar-refractivity contribution is 9.10. The van der Waals surface area contributed by atoms with Crippen LogP contribution in [-0.4, -0.2) is 13.4 Å². The summed E-state index contributed by atoms with van der Waals surface area (Å²) in [5.74, 6) is 0. The summed E-state index contributed by atoms with van der Waals surface area (Å²) in [4.78, 5) is 4.25. The van der Waals surface area contributed by atoms with Gasteiger partial charge in [0, 0.05) is 10.0 Å².